The van der Waals surface area contributed by atoms with Crippen LogP contribution in [-0.2, 0) is 6.54 Å². The number of aromatic nitrogens is 2. The topological polar surface area (TPSA) is 54.7 Å². The third-order valence-corrected chi connectivity index (χ3v) is 2.62. The predicted molar refractivity (Wildman–Crippen MR) is 61.9 cm³/mol. The van der Waals surface area contributed by atoms with Gasteiger partial charge in [0.1, 0.15) is 0 Å². The van der Waals surface area contributed by atoms with Crippen molar-refractivity contribution in [1.29, 1.82) is 0 Å². The Labute approximate surface area is 97.2 Å². The molecule has 1 aromatic heterocycles. The van der Waals surface area contributed by atoms with E-state index in [1.807, 2.05) is 6.07 Å². The Morgan fingerprint density at radius 2 is 2.07 bits per heavy atom. The van der Waals surface area contributed by atoms with Crippen LogP contribution in [0.15, 0.2) is 24.3 Å². The first-order valence-electron chi connectivity index (χ1n) is 4.40. The lowest BCUT2D eigenvalue weighted by molar-refractivity contribution is 0.948. The molecule has 0 aliphatic rings. The molecule has 2 rings (SSSR count). The van der Waals surface area contributed by atoms with Crippen molar-refractivity contribution in [3.05, 3.63) is 40.0 Å². The van der Waals surface area contributed by atoms with Gasteiger partial charge in [-0.3, -0.25) is 5.10 Å². The summed E-state index contributed by atoms with van der Waals surface area (Å²) in [7, 11) is 0. The van der Waals surface area contributed by atoms with E-state index >= 15 is 0 Å². The van der Waals surface area contributed by atoms with E-state index in [0.29, 0.717) is 16.6 Å². The summed E-state index contributed by atoms with van der Waals surface area (Å²) in [5, 5.41) is 8.19. The van der Waals surface area contributed by atoms with Crippen LogP contribution in [0.5, 0.6) is 0 Å². The molecule has 0 saturated heterocycles. The number of hydrogen-bond acceptors (Lipinski definition) is 2. The van der Waals surface area contributed by atoms with Gasteiger partial charge in [-0.05, 0) is 24.3 Å². The Bertz CT molecular complexity index is 479. The van der Waals surface area contributed by atoms with Gasteiger partial charge in [0, 0.05) is 22.8 Å². The summed E-state index contributed by atoms with van der Waals surface area (Å²) in [6.45, 7) is 0.422. The Morgan fingerprint density at radius 1 is 1.27 bits per heavy atom. The monoisotopic (exact) mass is 241 g/mol. The number of aromatic amines is 1. The smallest absolute Gasteiger partial charge is 0.0939 e. The molecule has 3 nitrogen and oxygen atoms in total. The highest BCUT2D eigenvalue weighted by Gasteiger charge is 2.07. The molecule has 0 bridgehead atoms. The Balaban J connectivity index is 2.48. The molecule has 0 atom stereocenters. The third-order valence-electron chi connectivity index (χ3n) is 2.06. The lowest BCUT2D eigenvalue weighted by atomic mass is 10.1. The van der Waals surface area contributed by atoms with Crippen LogP contribution < -0.4 is 5.73 Å². The normalized spacial score (nSPS) is 10.6. The molecule has 3 N–H and O–H groups in total. The average Bonchev–Trinajstić information content (AvgIpc) is 2.70. The minimum absolute atomic E-state index is 0.422. The summed E-state index contributed by atoms with van der Waals surface area (Å²) in [6, 6.07) is 7.12. The first-order valence-corrected chi connectivity index (χ1v) is 5.16. The fourth-order valence-corrected chi connectivity index (χ4v) is 1.68. The number of nitrogens with one attached hydrogen (secondary N) is 1. The van der Waals surface area contributed by atoms with Crippen LogP contribution in [-0.4, -0.2) is 10.2 Å². The molecule has 78 valence electrons. The van der Waals surface area contributed by atoms with Crippen molar-refractivity contribution < 1.29 is 0 Å². The van der Waals surface area contributed by atoms with Crippen LogP contribution in [0.25, 0.3) is 11.3 Å². The van der Waals surface area contributed by atoms with Gasteiger partial charge in [0.2, 0.25) is 0 Å². The molecule has 1 heterocycles. The molecule has 0 spiro atoms. The van der Waals surface area contributed by atoms with Crippen molar-refractivity contribution in [2.24, 2.45) is 5.73 Å². The summed E-state index contributed by atoms with van der Waals surface area (Å²) < 4.78 is 0. The average molecular weight is 242 g/mol. The molecular weight excluding hydrogens is 233 g/mol. The SMILES string of the molecule is NCc1cc(-c2cc(Cl)ccc2Cl)n[nH]1. The number of nitrogens with zero attached hydrogens (tertiary/aromatic N) is 1. The second-order valence-corrected chi connectivity index (χ2v) is 3.95. The van der Waals surface area contributed by atoms with Crippen molar-refractivity contribution in [1.82, 2.24) is 10.2 Å². The van der Waals surface area contributed by atoms with Crippen LogP contribution in [0.2, 0.25) is 10.0 Å². The van der Waals surface area contributed by atoms with Gasteiger partial charge in [0.05, 0.1) is 10.7 Å². The molecular formula is C10H9Cl2N3. The summed E-state index contributed by atoms with van der Waals surface area (Å²) in [5.41, 5.74) is 7.90. The maximum atomic E-state index is 6.04. The number of halogens is 2. The van der Waals surface area contributed by atoms with E-state index in [0.717, 1.165) is 17.0 Å². The number of rotatable bonds is 2. The maximum Gasteiger partial charge on any atom is 0.0939 e. The Kier molecular flexibility index (Phi) is 2.95. The van der Waals surface area contributed by atoms with Gasteiger partial charge >= 0.3 is 0 Å². The highest BCUT2D eigenvalue weighted by Crippen LogP contribution is 2.29. The van der Waals surface area contributed by atoms with Crippen LogP contribution >= 0.6 is 23.2 Å². The van der Waals surface area contributed by atoms with Gasteiger partial charge in [-0.15, -0.1) is 0 Å². The lowest BCUT2D eigenvalue weighted by Crippen LogP contribution is -1.95. The number of hydrogen-bond donors (Lipinski definition) is 2. The van der Waals surface area contributed by atoms with Gasteiger partial charge in [-0.2, -0.15) is 5.10 Å². The summed E-state index contributed by atoms with van der Waals surface area (Å²) in [6.07, 6.45) is 0. The molecule has 0 fully saturated rings. The number of nitrogens with two attached hydrogens (primary N) is 1. The van der Waals surface area contributed by atoms with Crippen LogP contribution in [0.3, 0.4) is 0 Å². The van der Waals surface area contributed by atoms with E-state index in [-0.39, 0.29) is 0 Å². The summed E-state index contributed by atoms with van der Waals surface area (Å²) >= 11 is 11.9. The van der Waals surface area contributed by atoms with E-state index in [9.17, 15) is 0 Å². The van der Waals surface area contributed by atoms with Crippen molar-refractivity contribution in [2.75, 3.05) is 0 Å². The molecule has 0 saturated carbocycles. The van der Waals surface area contributed by atoms with Gasteiger partial charge < -0.3 is 5.73 Å². The zero-order valence-corrected chi connectivity index (χ0v) is 9.31. The molecule has 15 heavy (non-hydrogen) atoms. The van der Waals surface area contributed by atoms with Crippen molar-refractivity contribution in [2.45, 2.75) is 6.54 Å². The van der Waals surface area contributed by atoms with Crippen LogP contribution in [0.1, 0.15) is 5.69 Å². The van der Waals surface area contributed by atoms with Gasteiger partial charge in [-0.25, -0.2) is 0 Å². The summed E-state index contributed by atoms with van der Waals surface area (Å²) in [4.78, 5) is 0. The molecule has 2 aromatic rings. The van der Waals surface area contributed by atoms with Gasteiger partial charge in [0.15, 0.2) is 0 Å². The largest absolute Gasteiger partial charge is 0.325 e. The standard InChI is InChI=1S/C10H9Cl2N3/c11-6-1-2-9(12)8(3-6)10-4-7(5-13)14-15-10/h1-4H,5,13H2,(H,14,15). The fourth-order valence-electron chi connectivity index (χ4n) is 1.30. The maximum absolute atomic E-state index is 6.04. The molecule has 0 amide bonds. The number of benzene rings is 1. The van der Waals surface area contributed by atoms with Crippen molar-refractivity contribution in [3.63, 3.8) is 0 Å². The molecule has 0 aliphatic carbocycles. The quantitative estimate of drug-likeness (QED) is 0.850. The summed E-state index contributed by atoms with van der Waals surface area (Å²) in [5.74, 6) is 0. The second-order valence-electron chi connectivity index (χ2n) is 3.11. The Hall–Kier alpha value is -1.03. The molecule has 5 heteroatoms. The minimum Gasteiger partial charge on any atom is -0.325 e. The molecule has 0 unspecified atom stereocenters. The van der Waals surface area contributed by atoms with E-state index in [1.165, 1.54) is 0 Å². The van der Waals surface area contributed by atoms with E-state index < -0.39 is 0 Å². The first kappa shape index (κ1) is 10.5. The van der Waals surface area contributed by atoms with Crippen LogP contribution in [0.4, 0.5) is 0 Å². The van der Waals surface area contributed by atoms with Crippen LogP contribution in [0, 0.1) is 0 Å². The molecule has 0 radical (unpaired) electrons. The van der Waals surface area contributed by atoms with Gasteiger partial charge in [-0.1, -0.05) is 23.2 Å². The van der Waals surface area contributed by atoms with Crippen molar-refractivity contribution in [3.8, 4) is 11.3 Å². The third kappa shape index (κ3) is 2.15. The zero-order chi connectivity index (χ0) is 10.8. The highest BCUT2D eigenvalue weighted by molar-refractivity contribution is 6.35. The minimum atomic E-state index is 0.422. The molecule has 1 aromatic carbocycles. The molecule has 0 aliphatic heterocycles. The second kappa shape index (κ2) is 4.23. The van der Waals surface area contributed by atoms with E-state index in [1.54, 1.807) is 18.2 Å². The first-order chi connectivity index (χ1) is 7.20. The predicted octanol–water partition coefficient (Wildman–Crippen LogP) is 2.84. The van der Waals surface area contributed by atoms with E-state index in [2.05, 4.69) is 10.2 Å². The fraction of sp³-hybridized carbons (Fsp3) is 0.100. The Morgan fingerprint density at radius 3 is 2.73 bits per heavy atom. The van der Waals surface area contributed by atoms with Crippen molar-refractivity contribution >= 4 is 23.2 Å². The zero-order valence-electron chi connectivity index (χ0n) is 7.80. The lowest BCUT2D eigenvalue weighted by Gasteiger charge is -2.00. The number of H-pyrrole nitrogens is 1. The van der Waals surface area contributed by atoms with Gasteiger partial charge in [0.25, 0.3) is 0 Å². The highest BCUT2D eigenvalue weighted by atomic mass is 35.5. The van der Waals surface area contributed by atoms with E-state index in [4.69, 9.17) is 28.9 Å².